The Kier molecular flexibility index (Phi) is 14.6. The number of hydrogen-bond acceptors (Lipinski definition) is 9. The van der Waals surface area contributed by atoms with Crippen molar-refractivity contribution in [3.8, 4) is 0 Å². The van der Waals surface area contributed by atoms with E-state index in [1.165, 1.54) is 61.3 Å². The van der Waals surface area contributed by atoms with Gasteiger partial charge in [-0.3, -0.25) is 24.2 Å². The maximum Gasteiger partial charge on any atom is 0.411 e. The standard InChI is InChI=1S/C35H54N4O6S2/c1-26(40)44-20-19-38(29-15-17-37(18-16-29)21-27-11-7-5-8-12-27)33(42)30(23-46-22-28-13-9-6-10-14-28)36-32(41)31-24-47-25-39(31)34(43)45-35(2,3)4/h5,7-8,11-12,28-31H,6,9-10,13-25H2,1-4H3,(H,36,41). The molecule has 3 fully saturated rings. The molecule has 10 nitrogen and oxygen atoms in total. The number of hydrogen-bond donors (Lipinski definition) is 1. The SMILES string of the molecule is CC(=O)OCCN(C(=O)C(CSCC1CCCCC1)NC(=O)C1CSCN1C(=O)OC(C)(C)C)C1CCN(Cc2ccccc2)CC1. The highest BCUT2D eigenvalue weighted by molar-refractivity contribution is 7.99. The average Bonchev–Trinajstić information content (AvgIpc) is 3.54. The molecule has 2 unspecified atom stereocenters. The molecule has 3 amide bonds. The minimum absolute atomic E-state index is 0.0341. The van der Waals surface area contributed by atoms with Crippen molar-refractivity contribution in [2.24, 2.45) is 5.92 Å². The Hall–Kier alpha value is -2.44. The number of likely N-dealkylation sites (tertiary alicyclic amines) is 1. The topological polar surface area (TPSA) is 108 Å². The van der Waals surface area contributed by atoms with Crippen LogP contribution in [-0.4, -0.2) is 112 Å². The quantitative estimate of drug-likeness (QED) is 0.281. The number of esters is 1. The Morgan fingerprint density at radius 1 is 1.04 bits per heavy atom. The molecule has 0 spiro atoms. The van der Waals surface area contributed by atoms with Crippen LogP contribution < -0.4 is 5.32 Å². The Morgan fingerprint density at radius 2 is 1.74 bits per heavy atom. The molecule has 1 aliphatic carbocycles. The summed E-state index contributed by atoms with van der Waals surface area (Å²) in [4.78, 5) is 58.6. The molecule has 2 atom stereocenters. The van der Waals surface area contributed by atoms with Crippen molar-refractivity contribution >= 4 is 47.4 Å². The second-order valence-electron chi connectivity index (χ2n) is 13.9. The molecule has 262 valence electrons. The Morgan fingerprint density at radius 3 is 2.40 bits per heavy atom. The molecule has 12 heteroatoms. The fourth-order valence-electron chi connectivity index (χ4n) is 6.50. The van der Waals surface area contributed by atoms with Gasteiger partial charge in [0.25, 0.3) is 0 Å². The zero-order chi connectivity index (χ0) is 33.8. The number of thioether (sulfide) groups is 2. The van der Waals surface area contributed by atoms with Gasteiger partial charge in [0.2, 0.25) is 11.8 Å². The lowest BCUT2D eigenvalue weighted by atomic mass is 9.91. The highest BCUT2D eigenvalue weighted by atomic mass is 32.2. The molecule has 2 aliphatic heterocycles. The fraction of sp³-hybridized carbons (Fsp3) is 0.714. The summed E-state index contributed by atoms with van der Waals surface area (Å²) in [5.74, 6) is 1.95. The van der Waals surface area contributed by atoms with Crippen LogP contribution >= 0.6 is 23.5 Å². The van der Waals surface area contributed by atoms with Gasteiger partial charge in [-0.25, -0.2) is 4.79 Å². The van der Waals surface area contributed by atoms with E-state index in [9.17, 15) is 19.2 Å². The van der Waals surface area contributed by atoms with Crippen molar-refractivity contribution in [2.45, 2.75) is 103 Å². The molecule has 0 aromatic heterocycles. The van der Waals surface area contributed by atoms with Gasteiger partial charge >= 0.3 is 12.1 Å². The number of carbonyl (C=O) groups is 4. The first-order valence-corrected chi connectivity index (χ1v) is 19.5. The molecule has 2 saturated heterocycles. The van der Waals surface area contributed by atoms with E-state index in [4.69, 9.17) is 9.47 Å². The van der Waals surface area contributed by atoms with E-state index in [1.807, 2.05) is 11.0 Å². The van der Waals surface area contributed by atoms with Crippen LogP contribution in [0.3, 0.4) is 0 Å². The monoisotopic (exact) mass is 690 g/mol. The summed E-state index contributed by atoms with van der Waals surface area (Å²) in [6, 6.07) is 8.87. The summed E-state index contributed by atoms with van der Waals surface area (Å²) in [5.41, 5.74) is 0.579. The Balaban J connectivity index is 1.47. The zero-order valence-electron chi connectivity index (χ0n) is 28.6. The van der Waals surface area contributed by atoms with Gasteiger partial charge in [0.05, 0.1) is 12.4 Å². The number of ether oxygens (including phenoxy) is 2. The second-order valence-corrected chi connectivity index (χ2v) is 16.0. The summed E-state index contributed by atoms with van der Waals surface area (Å²) < 4.78 is 10.9. The third-order valence-electron chi connectivity index (χ3n) is 8.96. The first kappa shape index (κ1) is 37.4. The largest absolute Gasteiger partial charge is 0.464 e. The Bertz CT molecular complexity index is 1170. The van der Waals surface area contributed by atoms with E-state index in [0.717, 1.165) is 38.2 Å². The number of rotatable bonds is 13. The molecule has 47 heavy (non-hydrogen) atoms. The van der Waals surface area contributed by atoms with Gasteiger partial charge in [-0.1, -0.05) is 49.6 Å². The average molecular weight is 691 g/mol. The van der Waals surface area contributed by atoms with Gasteiger partial charge < -0.3 is 19.7 Å². The van der Waals surface area contributed by atoms with E-state index in [0.29, 0.717) is 23.3 Å². The van der Waals surface area contributed by atoms with E-state index in [-0.39, 0.29) is 37.0 Å². The van der Waals surface area contributed by atoms with E-state index in [1.54, 1.807) is 32.5 Å². The molecule has 1 aromatic carbocycles. The van der Waals surface area contributed by atoms with Gasteiger partial charge in [-0.2, -0.15) is 11.8 Å². The highest BCUT2D eigenvalue weighted by Gasteiger charge is 2.40. The van der Waals surface area contributed by atoms with Crippen LogP contribution in [0.1, 0.15) is 78.2 Å². The summed E-state index contributed by atoms with van der Waals surface area (Å²) >= 11 is 3.22. The van der Waals surface area contributed by atoms with Crippen LogP contribution in [0.15, 0.2) is 30.3 Å². The van der Waals surface area contributed by atoms with Gasteiger partial charge in [0.15, 0.2) is 0 Å². The summed E-state index contributed by atoms with van der Waals surface area (Å²) in [6.07, 6.45) is 7.25. The van der Waals surface area contributed by atoms with Crippen LogP contribution in [0.5, 0.6) is 0 Å². The van der Waals surface area contributed by atoms with E-state index < -0.39 is 23.8 Å². The molecule has 4 rings (SSSR count). The lowest BCUT2D eigenvalue weighted by molar-refractivity contribution is -0.146. The third-order valence-corrected chi connectivity index (χ3v) is 11.2. The molecule has 0 bridgehead atoms. The number of benzene rings is 1. The zero-order valence-corrected chi connectivity index (χ0v) is 30.3. The first-order valence-electron chi connectivity index (χ1n) is 17.2. The molecule has 1 saturated carbocycles. The van der Waals surface area contributed by atoms with Crippen LogP contribution in [-0.2, 0) is 30.4 Å². The number of nitrogens with one attached hydrogen (secondary N) is 1. The maximum atomic E-state index is 14.5. The molecular weight excluding hydrogens is 637 g/mol. The highest BCUT2D eigenvalue weighted by Crippen LogP contribution is 2.28. The lowest BCUT2D eigenvalue weighted by Gasteiger charge is -2.40. The molecule has 1 aromatic rings. The Labute approximate surface area is 289 Å². The predicted molar refractivity (Wildman–Crippen MR) is 188 cm³/mol. The van der Waals surface area contributed by atoms with Crippen LogP contribution in [0.2, 0.25) is 0 Å². The first-order chi connectivity index (χ1) is 22.5. The van der Waals surface area contributed by atoms with Crippen LogP contribution in [0.25, 0.3) is 0 Å². The van der Waals surface area contributed by atoms with E-state index >= 15 is 0 Å². The molecule has 1 N–H and O–H groups in total. The van der Waals surface area contributed by atoms with Crippen molar-refractivity contribution in [2.75, 3.05) is 49.4 Å². The van der Waals surface area contributed by atoms with E-state index in [2.05, 4.69) is 34.5 Å². The van der Waals surface area contributed by atoms with Crippen LogP contribution in [0, 0.1) is 5.92 Å². The van der Waals surface area contributed by atoms with Crippen molar-refractivity contribution in [1.82, 2.24) is 20.0 Å². The third kappa shape index (κ3) is 12.2. The van der Waals surface area contributed by atoms with Gasteiger partial charge in [0.1, 0.15) is 24.3 Å². The smallest absolute Gasteiger partial charge is 0.411 e. The fourth-order valence-corrected chi connectivity index (χ4v) is 8.91. The molecule has 2 heterocycles. The van der Waals surface area contributed by atoms with Crippen molar-refractivity contribution < 1.29 is 28.7 Å². The maximum absolute atomic E-state index is 14.5. The van der Waals surface area contributed by atoms with Crippen LogP contribution in [0.4, 0.5) is 4.79 Å². The molecular formula is C35H54N4O6S2. The summed E-state index contributed by atoms with van der Waals surface area (Å²) in [5, 5.41) is 3.07. The van der Waals surface area contributed by atoms with Crippen molar-refractivity contribution in [3.05, 3.63) is 35.9 Å². The predicted octanol–water partition coefficient (Wildman–Crippen LogP) is 5.15. The second kappa shape index (κ2) is 18.4. The molecule has 3 aliphatic rings. The minimum Gasteiger partial charge on any atom is -0.464 e. The van der Waals surface area contributed by atoms with Crippen molar-refractivity contribution in [3.63, 3.8) is 0 Å². The number of carbonyl (C=O) groups excluding carboxylic acids is 4. The van der Waals surface area contributed by atoms with Gasteiger partial charge in [-0.05, 0) is 63.7 Å². The summed E-state index contributed by atoms with van der Waals surface area (Å²) in [6.45, 7) is 9.70. The van der Waals surface area contributed by atoms with Crippen molar-refractivity contribution in [1.29, 1.82) is 0 Å². The number of amides is 3. The van der Waals surface area contributed by atoms with Gasteiger partial charge in [0, 0.05) is 44.1 Å². The minimum atomic E-state index is -0.762. The lowest BCUT2D eigenvalue weighted by Crippen LogP contribution is -2.58. The normalized spacial score (nSPS) is 20.4. The molecule has 0 radical (unpaired) electrons. The number of nitrogens with zero attached hydrogens (tertiary/aromatic N) is 3. The number of piperidine rings is 1. The van der Waals surface area contributed by atoms with Gasteiger partial charge in [-0.15, -0.1) is 11.8 Å². The summed E-state index contributed by atoms with van der Waals surface area (Å²) in [7, 11) is 0.